The average molecular weight is 173 g/mol. The Labute approximate surface area is 85.5 Å². The Hall–Kier alpha value is 1.65. The van der Waals surface area contributed by atoms with Crippen molar-refractivity contribution in [3.63, 3.8) is 0 Å². The number of rotatable bonds is 0. The van der Waals surface area contributed by atoms with E-state index in [4.69, 9.17) is 15.9 Å². The van der Waals surface area contributed by atoms with Crippen molar-refractivity contribution < 1.29 is 80.9 Å². The number of quaternary nitrogens is 1. The van der Waals surface area contributed by atoms with Gasteiger partial charge in [0.05, 0.1) is 0 Å². The summed E-state index contributed by atoms with van der Waals surface area (Å²) in [6.45, 7) is 0. The Morgan fingerprint density at radius 2 is 1.14 bits per heavy atom. The second kappa shape index (κ2) is 5.78. The van der Waals surface area contributed by atoms with Gasteiger partial charge in [-0.05, 0) is 0 Å². The first-order chi connectivity index (χ1) is 2.00. The van der Waals surface area contributed by atoms with Crippen molar-refractivity contribution in [1.29, 1.82) is 0 Å². The van der Waals surface area contributed by atoms with E-state index < -0.39 is 13.6 Å². The van der Waals surface area contributed by atoms with Crippen LogP contribution in [0.25, 0.3) is 0 Å². The predicted octanol–water partition coefficient (Wildman–Crippen LogP) is -5.24. The normalized spacial score (nSPS) is 8.29. The van der Waals surface area contributed by atoms with Gasteiger partial charge in [0.2, 0.25) is 0 Å². The van der Waals surface area contributed by atoms with Crippen LogP contribution in [0.3, 0.4) is 0 Å². The molecule has 0 aromatic heterocycles. The van der Waals surface area contributed by atoms with Crippen LogP contribution in [0.2, 0.25) is 0 Å². The monoisotopic (exact) mass is 173 g/mol. The second-order valence-electron chi connectivity index (χ2n) is 0.408. The van der Waals surface area contributed by atoms with Crippen molar-refractivity contribution in [3.8, 4) is 0 Å². The molecule has 0 bridgehead atoms. The summed E-state index contributed by atoms with van der Waals surface area (Å²) in [5.74, 6) is 0. The van der Waals surface area contributed by atoms with Crippen LogP contribution < -0.4 is 65.9 Å². The van der Waals surface area contributed by atoms with Crippen LogP contribution in [0.4, 0.5) is 0 Å². The molecule has 0 rings (SSSR count). The van der Waals surface area contributed by atoms with Crippen molar-refractivity contribution in [2.24, 2.45) is 0 Å². The molecule has 0 aliphatic rings. The van der Waals surface area contributed by atoms with Crippen LogP contribution >= 0.6 is 0 Å². The second-order valence-corrected chi connectivity index (χ2v) is 1.68. The van der Waals surface area contributed by atoms with E-state index in [1.54, 1.807) is 0 Å². The third kappa shape index (κ3) is 89.8. The molecule has 0 amide bonds. The molecule has 0 aliphatic heterocycles. The Bertz CT molecular complexity index is 94.9. The molecule has 0 aromatic rings. The van der Waals surface area contributed by atoms with Gasteiger partial charge >= 0.3 is 80.9 Å². The van der Waals surface area contributed by atoms with E-state index in [2.05, 4.69) is 0 Å². The first kappa shape index (κ1) is 15.9. The van der Waals surface area contributed by atoms with Gasteiger partial charge in [0, 0.05) is 0 Å². The van der Waals surface area contributed by atoms with E-state index in [0.29, 0.717) is 0 Å². The summed E-state index contributed by atoms with van der Waals surface area (Å²) in [4.78, 5) is 0. The third-order valence-electron chi connectivity index (χ3n) is 0. The van der Waals surface area contributed by atoms with E-state index in [1.165, 1.54) is 0 Å². The Morgan fingerprint density at radius 1 is 1.14 bits per heavy atom. The molecule has 0 fully saturated rings. The van der Waals surface area contributed by atoms with Gasteiger partial charge in [-0.1, -0.05) is 0 Å². The SMILES string of the molecule is [K+].[NH4+].[O]=[Cr](=[O])([O-])[O-]. The van der Waals surface area contributed by atoms with Gasteiger partial charge in [-0.2, -0.15) is 0 Å². The first-order valence-corrected chi connectivity index (χ1v) is 2.75. The van der Waals surface area contributed by atoms with Gasteiger partial charge in [-0.3, -0.25) is 0 Å². The molecular weight excluding hydrogens is 169 g/mol. The summed E-state index contributed by atoms with van der Waals surface area (Å²) in [6.07, 6.45) is 0. The molecule has 7 heteroatoms. The van der Waals surface area contributed by atoms with E-state index >= 15 is 0 Å². The van der Waals surface area contributed by atoms with Crippen molar-refractivity contribution >= 4 is 0 Å². The van der Waals surface area contributed by atoms with Crippen LogP contribution in [0.1, 0.15) is 0 Å². The molecule has 0 radical (unpaired) electrons. The summed E-state index contributed by atoms with van der Waals surface area (Å²) in [5.41, 5.74) is 0. The number of hydrogen-bond acceptors (Lipinski definition) is 4. The molecule has 5 nitrogen and oxygen atoms in total. The molecule has 40 valence electrons. The van der Waals surface area contributed by atoms with Gasteiger partial charge in [-0.15, -0.1) is 0 Å². The van der Waals surface area contributed by atoms with Gasteiger partial charge in [0.25, 0.3) is 0 Å². The predicted molar refractivity (Wildman–Crippen MR) is 7.36 cm³/mol. The van der Waals surface area contributed by atoms with Gasteiger partial charge < -0.3 is 6.15 Å². The molecule has 0 aliphatic carbocycles. The number of hydrogen-bond donors (Lipinski definition) is 1. The fraction of sp³-hybridized carbons (Fsp3) is 0. The van der Waals surface area contributed by atoms with Crippen molar-refractivity contribution in [3.05, 3.63) is 0 Å². The standard InChI is InChI=1S/Cr.K.H3N.4O/h;;1H3;;;;/q;+1;;;;2*-1/p+1. The van der Waals surface area contributed by atoms with Crippen LogP contribution in [0, 0.1) is 0 Å². The van der Waals surface area contributed by atoms with Gasteiger partial charge in [-0.25, -0.2) is 0 Å². The zero-order chi connectivity index (χ0) is 4.50. The van der Waals surface area contributed by atoms with Crippen LogP contribution in [0.5, 0.6) is 0 Å². The third-order valence-corrected chi connectivity index (χ3v) is 0. The summed E-state index contributed by atoms with van der Waals surface area (Å²) in [5, 5.41) is 0. The molecule has 0 saturated carbocycles. The molecule has 7 heavy (non-hydrogen) atoms. The molecule has 0 heterocycles. The van der Waals surface area contributed by atoms with E-state index in [-0.39, 0.29) is 57.5 Å². The molecule has 0 aromatic carbocycles. The quantitative estimate of drug-likeness (QED) is 0.368. The van der Waals surface area contributed by atoms with Crippen molar-refractivity contribution in [1.82, 2.24) is 6.15 Å². The summed E-state index contributed by atoms with van der Waals surface area (Å²) >= 11 is -5.75. The Morgan fingerprint density at radius 3 is 1.14 bits per heavy atom. The maximum atomic E-state index is 8.59. The Balaban J connectivity index is -0.0000000800. The summed E-state index contributed by atoms with van der Waals surface area (Å²) < 4.78 is 34.4. The molecular formula is H4CrKNO4. The maximum absolute atomic E-state index is 8.59. The zero-order valence-electron chi connectivity index (χ0n) is 4.04. The van der Waals surface area contributed by atoms with Gasteiger partial charge in [0.15, 0.2) is 0 Å². The topological polar surface area (TPSA) is 117 Å². The summed E-state index contributed by atoms with van der Waals surface area (Å²) in [6, 6.07) is 0. The fourth-order valence-corrected chi connectivity index (χ4v) is 0. The molecule has 0 unspecified atom stereocenters. The van der Waals surface area contributed by atoms with E-state index in [1.807, 2.05) is 0 Å². The first-order valence-electron chi connectivity index (χ1n) is 0.667. The minimum atomic E-state index is -5.75. The summed E-state index contributed by atoms with van der Waals surface area (Å²) in [7, 11) is 0. The van der Waals surface area contributed by atoms with E-state index in [0.717, 1.165) is 0 Å². The molecule has 4 N–H and O–H groups in total. The van der Waals surface area contributed by atoms with Crippen LogP contribution in [-0.4, -0.2) is 0 Å². The fourth-order valence-electron chi connectivity index (χ4n) is 0. The minimum absolute atomic E-state index is 0. The molecule has 0 atom stereocenters. The van der Waals surface area contributed by atoms with Crippen LogP contribution in [0.15, 0.2) is 0 Å². The van der Waals surface area contributed by atoms with Crippen LogP contribution in [-0.2, 0) is 21.2 Å². The van der Waals surface area contributed by atoms with Crippen molar-refractivity contribution in [2.75, 3.05) is 0 Å². The average Bonchev–Trinajstić information content (AvgIpc) is 0.722. The van der Waals surface area contributed by atoms with E-state index in [9.17, 15) is 0 Å². The Kier molecular flexibility index (Phi) is 13.1. The molecule has 0 saturated heterocycles. The van der Waals surface area contributed by atoms with Crippen molar-refractivity contribution in [2.45, 2.75) is 0 Å². The van der Waals surface area contributed by atoms with Gasteiger partial charge in [0.1, 0.15) is 0 Å². The molecule has 0 spiro atoms. The zero-order valence-corrected chi connectivity index (χ0v) is 8.44.